The van der Waals surface area contributed by atoms with Crippen LogP contribution in [-0.4, -0.2) is 48.5 Å². The van der Waals surface area contributed by atoms with E-state index in [0.29, 0.717) is 11.6 Å². The van der Waals surface area contributed by atoms with Gasteiger partial charge in [0.2, 0.25) is 0 Å². The quantitative estimate of drug-likeness (QED) is 0.410. The van der Waals surface area contributed by atoms with Crippen LogP contribution in [0.25, 0.3) is 0 Å². The van der Waals surface area contributed by atoms with Crippen molar-refractivity contribution in [1.82, 2.24) is 9.88 Å². The van der Waals surface area contributed by atoms with Crippen LogP contribution < -0.4 is 10.2 Å². The zero-order valence-corrected chi connectivity index (χ0v) is 21.3. The van der Waals surface area contributed by atoms with Crippen molar-refractivity contribution < 1.29 is 4.79 Å². The van der Waals surface area contributed by atoms with Gasteiger partial charge in [-0.05, 0) is 82.3 Å². The average molecular weight is 489 g/mol. The Kier molecular flexibility index (Phi) is 8.11. The smallest absolute Gasteiger partial charge is 0.275 e. The molecule has 6 heteroatoms. The van der Waals surface area contributed by atoms with Gasteiger partial charge in [-0.3, -0.25) is 4.79 Å². The maximum atomic E-state index is 13.0. The first-order chi connectivity index (χ1) is 17.3. The zero-order chi connectivity index (χ0) is 23.9. The van der Waals surface area contributed by atoms with Crippen molar-refractivity contribution in [1.29, 1.82) is 0 Å². The van der Waals surface area contributed by atoms with Gasteiger partial charge < -0.3 is 15.1 Å². The van der Waals surface area contributed by atoms with E-state index in [2.05, 4.69) is 57.6 Å². The third kappa shape index (κ3) is 6.30. The third-order valence-corrected chi connectivity index (χ3v) is 8.33. The molecule has 3 heterocycles. The SMILES string of the molecule is O=C(Nc1ccccc1N1CCCCC1)c1csc(C2CCN(CCCc3ccccc3)CC2)n1. The molecule has 0 aliphatic carbocycles. The number of rotatable bonds is 8. The molecule has 0 saturated carbocycles. The van der Waals surface area contributed by atoms with Gasteiger partial charge >= 0.3 is 0 Å². The van der Waals surface area contributed by atoms with Crippen LogP contribution in [0.1, 0.15) is 65.5 Å². The van der Waals surface area contributed by atoms with E-state index in [1.165, 1.54) is 31.2 Å². The number of anilines is 2. The van der Waals surface area contributed by atoms with Crippen molar-refractivity contribution in [2.45, 2.75) is 50.9 Å². The molecule has 35 heavy (non-hydrogen) atoms. The molecule has 0 spiro atoms. The number of thiazole rings is 1. The second kappa shape index (κ2) is 11.8. The molecule has 5 rings (SSSR count). The highest BCUT2D eigenvalue weighted by Crippen LogP contribution is 2.32. The number of amides is 1. The molecule has 3 aromatic rings. The van der Waals surface area contributed by atoms with E-state index < -0.39 is 0 Å². The number of likely N-dealkylation sites (tertiary alicyclic amines) is 1. The molecule has 0 atom stereocenters. The number of piperidine rings is 2. The summed E-state index contributed by atoms with van der Waals surface area (Å²) in [4.78, 5) is 22.8. The molecule has 2 fully saturated rings. The minimum atomic E-state index is -0.102. The fraction of sp³-hybridized carbons (Fsp3) is 0.448. The minimum absolute atomic E-state index is 0.102. The summed E-state index contributed by atoms with van der Waals surface area (Å²) in [7, 11) is 0. The van der Waals surface area contributed by atoms with E-state index in [1.807, 2.05) is 17.5 Å². The summed E-state index contributed by atoms with van der Waals surface area (Å²) in [6.07, 6.45) is 8.31. The number of carbonyl (C=O) groups excluding carboxylic acids is 1. The molecule has 2 aromatic carbocycles. The summed E-state index contributed by atoms with van der Waals surface area (Å²) < 4.78 is 0. The lowest BCUT2D eigenvalue weighted by atomic mass is 9.97. The Morgan fingerprint density at radius 2 is 1.69 bits per heavy atom. The standard InChI is InChI=1S/C29H36N4OS/c34-28(30-25-13-5-6-14-27(25)33-18-7-2-8-19-33)26-22-35-29(31-26)24-15-20-32(21-16-24)17-9-12-23-10-3-1-4-11-23/h1,3-6,10-11,13-14,22,24H,2,7-9,12,15-21H2,(H,30,34). The van der Waals surface area contributed by atoms with Gasteiger partial charge in [-0.25, -0.2) is 4.98 Å². The van der Waals surface area contributed by atoms with Gasteiger partial charge in [-0.1, -0.05) is 42.5 Å². The lowest BCUT2D eigenvalue weighted by Crippen LogP contribution is -2.33. The monoisotopic (exact) mass is 488 g/mol. The van der Waals surface area contributed by atoms with Gasteiger partial charge in [0.15, 0.2) is 0 Å². The number of aryl methyl sites for hydroxylation is 1. The normalized spacial score (nSPS) is 17.4. The Morgan fingerprint density at radius 1 is 0.943 bits per heavy atom. The fourth-order valence-electron chi connectivity index (χ4n) is 5.31. The maximum absolute atomic E-state index is 13.0. The van der Waals surface area contributed by atoms with E-state index >= 15 is 0 Å². The molecule has 184 valence electrons. The Hall–Kier alpha value is -2.70. The number of para-hydroxylation sites is 2. The summed E-state index contributed by atoms with van der Waals surface area (Å²) in [5.41, 5.74) is 3.98. The molecule has 2 saturated heterocycles. The Labute approximate surface area is 213 Å². The largest absolute Gasteiger partial charge is 0.370 e. The topological polar surface area (TPSA) is 48.5 Å². The molecule has 0 unspecified atom stereocenters. The van der Waals surface area contributed by atoms with E-state index in [4.69, 9.17) is 4.98 Å². The van der Waals surface area contributed by atoms with E-state index in [1.54, 1.807) is 11.3 Å². The van der Waals surface area contributed by atoms with Crippen molar-refractivity contribution in [3.63, 3.8) is 0 Å². The molecule has 2 aliphatic rings. The molecule has 5 nitrogen and oxygen atoms in total. The third-order valence-electron chi connectivity index (χ3n) is 7.32. The number of hydrogen-bond donors (Lipinski definition) is 1. The summed E-state index contributed by atoms with van der Waals surface area (Å²) in [6.45, 7) is 5.49. The summed E-state index contributed by atoms with van der Waals surface area (Å²) in [5, 5.41) is 6.18. The van der Waals surface area contributed by atoms with E-state index in [-0.39, 0.29) is 5.91 Å². The van der Waals surface area contributed by atoms with Crippen LogP contribution in [0.2, 0.25) is 0 Å². The number of carbonyl (C=O) groups is 1. The second-order valence-corrected chi connectivity index (χ2v) is 10.7. The summed E-state index contributed by atoms with van der Waals surface area (Å²) >= 11 is 1.64. The van der Waals surface area contributed by atoms with Crippen LogP contribution in [0, 0.1) is 0 Å². The van der Waals surface area contributed by atoms with Crippen LogP contribution in [0.15, 0.2) is 60.0 Å². The number of benzene rings is 2. The van der Waals surface area contributed by atoms with E-state index in [0.717, 1.165) is 68.4 Å². The number of aromatic nitrogens is 1. The first-order valence-electron chi connectivity index (χ1n) is 13.1. The molecule has 1 aromatic heterocycles. The maximum Gasteiger partial charge on any atom is 0.275 e. The minimum Gasteiger partial charge on any atom is -0.370 e. The van der Waals surface area contributed by atoms with Gasteiger partial charge in [0.25, 0.3) is 5.91 Å². The van der Waals surface area contributed by atoms with Crippen LogP contribution in [0.4, 0.5) is 11.4 Å². The van der Waals surface area contributed by atoms with Crippen molar-refractivity contribution in [2.75, 3.05) is 42.9 Å². The Bertz CT molecular complexity index is 1080. The van der Waals surface area contributed by atoms with Crippen molar-refractivity contribution >= 4 is 28.6 Å². The molecular weight excluding hydrogens is 452 g/mol. The van der Waals surface area contributed by atoms with Gasteiger partial charge in [0.1, 0.15) is 5.69 Å². The van der Waals surface area contributed by atoms with Crippen molar-refractivity contribution in [3.8, 4) is 0 Å². The zero-order valence-electron chi connectivity index (χ0n) is 20.5. The van der Waals surface area contributed by atoms with Crippen LogP contribution >= 0.6 is 11.3 Å². The predicted molar refractivity (Wildman–Crippen MR) is 146 cm³/mol. The molecule has 0 bridgehead atoms. The number of hydrogen-bond acceptors (Lipinski definition) is 5. The van der Waals surface area contributed by atoms with Gasteiger partial charge in [0.05, 0.1) is 16.4 Å². The van der Waals surface area contributed by atoms with Gasteiger partial charge in [-0.15, -0.1) is 11.3 Å². The highest BCUT2D eigenvalue weighted by molar-refractivity contribution is 7.10. The van der Waals surface area contributed by atoms with Gasteiger partial charge in [0, 0.05) is 24.4 Å². The lowest BCUT2D eigenvalue weighted by molar-refractivity contribution is 0.102. The van der Waals surface area contributed by atoms with Crippen LogP contribution in [0.5, 0.6) is 0 Å². The molecule has 1 N–H and O–H groups in total. The van der Waals surface area contributed by atoms with Crippen LogP contribution in [-0.2, 0) is 6.42 Å². The predicted octanol–water partition coefficient (Wildman–Crippen LogP) is 6.20. The molecule has 1 amide bonds. The number of nitrogens with one attached hydrogen (secondary N) is 1. The molecular formula is C29H36N4OS. The second-order valence-electron chi connectivity index (χ2n) is 9.80. The fourth-order valence-corrected chi connectivity index (χ4v) is 6.28. The molecule has 2 aliphatic heterocycles. The Balaban J connectivity index is 1.12. The van der Waals surface area contributed by atoms with Crippen molar-refractivity contribution in [2.24, 2.45) is 0 Å². The summed E-state index contributed by atoms with van der Waals surface area (Å²) in [5.74, 6) is 0.364. The van der Waals surface area contributed by atoms with E-state index in [9.17, 15) is 4.79 Å². The molecule has 0 radical (unpaired) electrons. The first kappa shape index (κ1) is 24.0. The summed E-state index contributed by atoms with van der Waals surface area (Å²) in [6, 6.07) is 18.9. The number of nitrogens with zero attached hydrogens (tertiary/aromatic N) is 3. The first-order valence-corrected chi connectivity index (χ1v) is 14.0. The highest BCUT2D eigenvalue weighted by atomic mass is 32.1. The Morgan fingerprint density at radius 3 is 2.49 bits per heavy atom. The van der Waals surface area contributed by atoms with Crippen LogP contribution in [0.3, 0.4) is 0 Å². The van der Waals surface area contributed by atoms with Crippen molar-refractivity contribution in [3.05, 3.63) is 76.2 Å². The average Bonchev–Trinajstić information content (AvgIpc) is 3.41. The van der Waals surface area contributed by atoms with Gasteiger partial charge in [-0.2, -0.15) is 0 Å². The lowest BCUT2D eigenvalue weighted by Gasteiger charge is -2.31. The highest BCUT2D eigenvalue weighted by Gasteiger charge is 2.24.